The molecule has 2 aromatic carbocycles. The standard InChI is InChI=1S/C25H32N2O5/c28-18-21(29)13-15-27(14-12-19-5-2-1-3-6-19)25(31)7-4-16-32-22-9-10-23-20(17-22)8-11-24(30)26-23/h1-3,5-6,9-10,17,21,28-29H,4,7-8,11-16,18H2,(H,26,30). The lowest BCUT2D eigenvalue weighted by atomic mass is 10.0. The van der Waals surface area contributed by atoms with Gasteiger partial charge in [-0.3, -0.25) is 9.59 Å². The van der Waals surface area contributed by atoms with Gasteiger partial charge in [-0.1, -0.05) is 30.3 Å². The Balaban J connectivity index is 1.46. The van der Waals surface area contributed by atoms with E-state index in [1.54, 1.807) is 4.90 Å². The molecule has 3 rings (SSSR count). The van der Waals surface area contributed by atoms with Gasteiger partial charge in [0.25, 0.3) is 0 Å². The van der Waals surface area contributed by atoms with Gasteiger partial charge < -0.3 is 25.2 Å². The van der Waals surface area contributed by atoms with Crippen molar-refractivity contribution >= 4 is 17.5 Å². The number of hydrogen-bond acceptors (Lipinski definition) is 5. The van der Waals surface area contributed by atoms with Gasteiger partial charge in [0, 0.05) is 31.6 Å². The van der Waals surface area contributed by atoms with E-state index < -0.39 is 6.10 Å². The molecule has 0 fully saturated rings. The minimum atomic E-state index is -0.820. The number of anilines is 1. The molecule has 3 N–H and O–H groups in total. The number of hydrogen-bond donors (Lipinski definition) is 3. The Kier molecular flexibility index (Phi) is 9.07. The molecule has 7 nitrogen and oxygen atoms in total. The number of benzene rings is 2. The third-order valence-electron chi connectivity index (χ3n) is 5.58. The Morgan fingerprint density at radius 2 is 1.94 bits per heavy atom. The average molecular weight is 441 g/mol. The molecule has 2 aromatic rings. The summed E-state index contributed by atoms with van der Waals surface area (Å²) in [5.74, 6) is 0.787. The largest absolute Gasteiger partial charge is 0.494 e. The molecule has 1 aliphatic rings. The number of nitrogens with zero attached hydrogens (tertiary/aromatic N) is 1. The molecule has 0 saturated heterocycles. The van der Waals surface area contributed by atoms with Crippen molar-refractivity contribution in [3.8, 4) is 5.75 Å². The highest BCUT2D eigenvalue weighted by Gasteiger charge is 2.17. The molecule has 2 amide bonds. The highest BCUT2D eigenvalue weighted by molar-refractivity contribution is 5.94. The summed E-state index contributed by atoms with van der Waals surface area (Å²) in [5.41, 5.74) is 3.05. The van der Waals surface area contributed by atoms with E-state index in [9.17, 15) is 14.7 Å². The molecule has 0 bridgehead atoms. The number of carbonyl (C=O) groups excluding carboxylic acids is 2. The van der Waals surface area contributed by atoms with Crippen LogP contribution in [0.4, 0.5) is 5.69 Å². The third-order valence-corrected chi connectivity index (χ3v) is 5.58. The number of fused-ring (bicyclic) bond motifs is 1. The van der Waals surface area contributed by atoms with Gasteiger partial charge in [-0.25, -0.2) is 0 Å². The van der Waals surface area contributed by atoms with E-state index in [1.807, 2.05) is 48.5 Å². The second kappa shape index (κ2) is 12.2. The summed E-state index contributed by atoms with van der Waals surface area (Å²) in [7, 11) is 0. The first-order chi connectivity index (χ1) is 15.5. The first-order valence-corrected chi connectivity index (χ1v) is 11.2. The van der Waals surface area contributed by atoms with Crippen LogP contribution >= 0.6 is 0 Å². The van der Waals surface area contributed by atoms with Crippen molar-refractivity contribution in [2.75, 3.05) is 31.6 Å². The van der Waals surface area contributed by atoms with E-state index in [0.717, 1.165) is 29.0 Å². The van der Waals surface area contributed by atoms with Crippen LogP contribution in [0.2, 0.25) is 0 Å². The van der Waals surface area contributed by atoms with Crippen LogP contribution in [0.25, 0.3) is 0 Å². The van der Waals surface area contributed by atoms with Gasteiger partial charge >= 0.3 is 0 Å². The Hall–Kier alpha value is -2.90. The number of aryl methyl sites for hydroxylation is 1. The SMILES string of the molecule is O=C1CCc2cc(OCCCC(=O)N(CCc3ccccc3)CCC(O)CO)ccc2N1. The van der Waals surface area contributed by atoms with Gasteiger partial charge in [-0.15, -0.1) is 0 Å². The van der Waals surface area contributed by atoms with Gasteiger partial charge in [-0.05, 0) is 55.0 Å². The number of aliphatic hydroxyl groups is 2. The maximum atomic E-state index is 12.8. The van der Waals surface area contributed by atoms with E-state index >= 15 is 0 Å². The average Bonchev–Trinajstić information content (AvgIpc) is 2.82. The maximum absolute atomic E-state index is 12.8. The Morgan fingerprint density at radius 3 is 2.72 bits per heavy atom. The zero-order valence-electron chi connectivity index (χ0n) is 18.3. The molecule has 32 heavy (non-hydrogen) atoms. The van der Waals surface area contributed by atoms with Crippen LogP contribution in [-0.2, 0) is 22.4 Å². The molecule has 0 aromatic heterocycles. The summed E-state index contributed by atoms with van der Waals surface area (Å²) in [4.78, 5) is 26.0. The lowest BCUT2D eigenvalue weighted by Crippen LogP contribution is -2.35. The quantitative estimate of drug-likeness (QED) is 0.441. The molecule has 172 valence electrons. The van der Waals surface area contributed by atoms with Gasteiger partial charge in [0.1, 0.15) is 5.75 Å². The van der Waals surface area contributed by atoms with Crippen LogP contribution in [0, 0.1) is 0 Å². The van der Waals surface area contributed by atoms with E-state index in [2.05, 4.69) is 5.32 Å². The Bertz CT molecular complexity index is 887. The van der Waals surface area contributed by atoms with Crippen molar-refractivity contribution in [3.63, 3.8) is 0 Å². The topological polar surface area (TPSA) is 99.1 Å². The van der Waals surface area contributed by atoms with E-state index in [-0.39, 0.29) is 18.4 Å². The predicted molar refractivity (Wildman–Crippen MR) is 123 cm³/mol. The van der Waals surface area contributed by atoms with E-state index in [4.69, 9.17) is 9.84 Å². The van der Waals surface area contributed by atoms with Crippen molar-refractivity contribution < 1.29 is 24.5 Å². The van der Waals surface area contributed by atoms with Crippen molar-refractivity contribution in [3.05, 3.63) is 59.7 Å². The lowest BCUT2D eigenvalue weighted by molar-refractivity contribution is -0.131. The molecule has 0 saturated carbocycles. The smallest absolute Gasteiger partial charge is 0.224 e. The minimum absolute atomic E-state index is 0.0165. The second-order valence-electron chi connectivity index (χ2n) is 8.06. The molecule has 1 heterocycles. The van der Waals surface area contributed by atoms with Gasteiger partial charge in [0.2, 0.25) is 11.8 Å². The number of ether oxygens (including phenoxy) is 1. The molecular weight excluding hydrogens is 408 g/mol. The first-order valence-electron chi connectivity index (χ1n) is 11.2. The molecular formula is C25H32N2O5. The zero-order valence-corrected chi connectivity index (χ0v) is 18.3. The van der Waals surface area contributed by atoms with Crippen molar-refractivity contribution in [2.45, 2.75) is 44.6 Å². The number of aliphatic hydroxyl groups excluding tert-OH is 2. The van der Waals surface area contributed by atoms with Crippen molar-refractivity contribution in [1.82, 2.24) is 4.90 Å². The molecule has 1 atom stereocenters. The number of amides is 2. The monoisotopic (exact) mass is 440 g/mol. The van der Waals surface area contributed by atoms with Crippen LogP contribution < -0.4 is 10.1 Å². The fourth-order valence-electron chi connectivity index (χ4n) is 3.69. The number of nitrogens with one attached hydrogen (secondary N) is 1. The van der Waals surface area contributed by atoms with E-state index in [1.165, 1.54) is 0 Å². The molecule has 0 spiro atoms. The molecule has 0 radical (unpaired) electrons. The van der Waals surface area contributed by atoms with Gasteiger partial charge in [-0.2, -0.15) is 0 Å². The number of rotatable bonds is 12. The highest BCUT2D eigenvalue weighted by Crippen LogP contribution is 2.26. The Morgan fingerprint density at radius 1 is 1.12 bits per heavy atom. The van der Waals surface area contributed by atoms with Crippen molar-refractivity contribution in [2.24, 2.45) is 0 Å². The number of carbonyl (C=O) groups is 2. The van der Waals surface area contributed by atoms with Crippen LogP contribution in [0.15, 0.2) is 48.5 Å². The summed E-state index contributed by atoms with van der Waals surface area (Å²) in [6, 6.07) is 15.6. The lowest BCUT2D eigenvalue weighted by Gasteiger charge is -2.24. The normalized spacial score (nSPS) is 13.8. The minimum Gasteiger partial charge on any atom is -0.494 e. The fourth-order valence-corrected chi connectivity index (χ4v) is 3.69. The summed E-state index contributed by atoms with van der Waals surface area (Å²) in [6.07, 6.45) is 2.38. The second-order valence-corrected chi connectivity index (χ2v) is 8.06. The van der Waals surface area contributed by atoms with Crippen LogP contribution in [-0.4, -0.2) is 59.3 Å². The third kappa shape index (κ3) is 7.35. The summed E-state index contributed by atoms with van der Waals surface area (Å²) >= 11 is 0. The zero-order chi connectivity index (χ0) is 22.8. The van der Waals surface area contributed by atoms with Crippen LogP contribution in [0.3, 0.4) is 0 Å². The van der Waals surface area contributed by atoms with Gasteiger partial charge in [0.15, 0.2) is 0 Å². The summed E-state index contributed by atoms with van der Waals surface area (Å²) in [5, 5.41) is 21.6. The molecule has 1 aliphatic heterocycles. The van der Waals surface area contributed by atoms with E-state index in [0.29, 0.717) is 51.8 Å². The summed E-state index contributed by atoms with van der Waals surface area (Å²) in [6.45, 7) is 1.09. The summed E-state index contributed by atoms with van der Waals surface area (Å²) < 4.78 is 5.82. The van der Waals surface area contributed by atoms with Crippen LogP contribution in [0.5, 0.6) is 5.75 Å². The molecule has 7 heteroatoms. The van der Waals surface area contributed by atoms with Crippen LogP contribution in [0.1, 0.15) is 36.8 Å². The fraction of sp³-hybridized carbons (Fsp3) is 0.440. The van der Waals surface area contributed by atoms with Gasteiger partial charge in [0.05, 0.1) is 19.3 Å². The predicted octanol–water partition coefficient (Wildman–Crippen LogP) is 2.54. The molecule has 0 aliphatic carbocycles. The highest BCUT2D eigenvalue weighted by atomic mass is 16.5. The van der Waals surface area contributed by atoms with Crippen molar-refractivity contribution in [1.29, 1.82) is 0 Å². The maximum Gasteiger partial charge on any atom is 0.224 e. The molecule has 1 unspecified atom stereocenters. The Labute approximate surface area is 189 Å². The first kappa shape index (κ1) is 23.8.